The van der Waals surface area contributed by atoms with Crippen LogP contribution in [0.3, 0.4) is 0 Å². The maximum atomic E-state index is 9.51. The second-order valence-electron chi connectivity index (χ2n) is 6.44. The van der Waals surface area contributed by atoms with Crippen molar-refractivity contribution in [2.24, 2.45) is 8.80 Å². The van der Waals surface area contributed by atoms with E-state index >= 15 is 0 Å². The minimum atomic E-state index is -0.106. The fraction of sp³-hybridized carbons (Fsp3) is 0. The summed E-state index contributed by atoms with van der Waals surface area (Å²) < 4.78 is 8.41. The van der Waals surface area contributed by atoms with Crippen molar-refractivity contribution in [2.75, 3.05) is 0 Å². The zero-order valence-electron chi connectivity index (χ0n) is 18.2. The Kier molecular flexibility index (Phi) is 15.0. The predicted molar refractivity (Wildman–Crippen MR) is 148 cm³/mol. The molecule has 4 aromatic carbocycles. The third kappa shape index (κ3) is 12.3. The van der Waals surface area contributed by atoms with Crippen LogP contribution < -0.4 is 0 Å². The van der Waals surface area contributed by atoms with Gasteiger partial charge in [0.05, 0.1) is 0 Å². The van der Waals surface area contributed by atoms with Gasteiger partial charge in [-0.3, -0.25) is 0 Å². The van der Waals surface area contributed by atoms with E-state index in [-0.39, 0.29) is 27.4 Å². The van der Waals surface area contributed by atoms with Crippen LogP contribution in [-0.4, -0.2) is 22.6 Å². The zero-order valence-corrected chi connectivity index (χ0v) is 22.9. The molecule has 0 saturated carbocycles. The van der Waals surface area contributed by atoms with E-state index in [0.29, 0.717) is 0 Å². The number of nitrogens with zero attached hydrogens (tertiary/aromatic N) is 2. The van der Waals surface area contributed by atoms with Gasteiger partial charge >= 0.3 is 35.0 Å². The Balaban J connectivity index is 0.000000222. The normalized spacial score (nSPS) is 10.5. The fourth-order valence-corrected chi connectivity index (χ4v) is 3.58. The van der Waals surface area contributed by atoms with E-state index in [2.05, 4.69) is 8.80 Å². The topological polar surface area (TPSA) is 65.2 Å². The van der Waals surface area contributed by atoms with Crippen molar-refractivity contribution in [1.29, 1.82) is 0 Å². The summed E-state index contributed by atoms with van der Waals surface area (Å²) >= 11 is 2.66. The number of rotatable bonds is 6. The second-order valence-corrected chi connectivity index (χ2v) is 10.5. The first kappa shape index (κ1) is 29.0. The monoisotopic (exact) mass is 634 g/mol. The summed E-state index contributed by atoms with van der Waals surface area (Å²) in [5, 5.41) is 19.0. The molecule has 0 saturated heterocycles. The third-order valence-electron chi connectivity index (χ3n) is 4.06. The SMILES string of the molecule is Oc1ccccc1C=NSc1ccccc1.Oc1ccccc1C=NSc1ccccc1.[Cl][Pd][Cl]. The van der Waals surface area contributed by atoms with Gasteiger partial charge in [-0.2, -0.15) is 0 Å². The molecule has 0 bridgehead atoms. The molecule has 184 valence electrons. The first-order chi connectivity index (χ1) is 17.1. The Morgan fingerprint density at radius 2 is 0.857 bits per heavy atom. The number of phenolic OH excluding ortho intramolecular Hbond substituents is 2. The van der Waals surface area contributed by atoms with Gasteiger partial charge in [0.25, 0.3) is 0 Å². The van der Waals surface area contributed by atoms with Gasteiger partial charge in [0.15, 0.2) is 0 Å². The number of hydrogen-bond donors (Lipinski definition) is 2. The Morgan fingerprint density at radius 3 is 1.20 bits per heavy atom. The molecular formula is C26H22Cl2N2O2PdS2. The second kappa shape index (κ2) is 18.1. The quantitative estimate of drug-likeness (QED) is 0.127. The minimum absolute atomic E-state index is 0.106. The first-order valence-electron chi connectivity index (χ1n) is 10.0. The average Bonchev–Trinajstić information content (AvgIpc) is 2.89. The molecular weight excluding hydrogens is 614 g/mol. The van der Waals surface area contributed by atoms with E-state index in [1.807, 2.05) is 84.9 Å². The molecule has 2 N–H and O–H groups in total. The summed E-state index contributed by atoms with van der Waals surface area (Å²) in [4.78, 5) is 2.16. The molecule has 0 fully saturated rings. The first-order valence-corrected chi connectivity index (χ1v) is 15.6. The molecule has 0 aliphatic rings. The third-order valence-corrected chi connectivity index (χ3v) is 5.45. The molecule has 0 heterocycles. The van der Waals surface area contributed by atoms with E-state index in [9.17, 15) is 10.2 Å². The van der Waals surface area contributed by atoms with Crippen molar-refractivity contribution in [2.45, 2.75) is 9.79 Å². The van der Waals surface area contributed by atoms with Crippen molar-refractivity contribution in [3.8, 4) is 11.5 Å². The number of halogens is 2. The van der Waals surface area contributed by atoms with Crippen molar-refractivity contribution < 1.29 is 26.2 Å². The van der Waals surface area contributed by atoms with Gasteiger partial charge in [0.2, 0.25) is 0 Å². The molecule has 0 atom stereocenters. The van der Waals surface area contributed by atoms with Crippen LogP contribution in [0.2, 0.25) is 0 Å². The average molecular weight is 636 g/mol. The molecule has 0 unspecified atom stereocenters. The molecule has 0 radical (unpaired) electrons. The Bertz CT molecular complexity index is 1090. The van der Waals surface area contributed by atoms with E-state index in [4.69, 9.17) is 19.1 Å². The molecule has 0 amide bonds. The van der Waals surface area contributed by atoms with E-state index in [1.165, 1.54) is 23.9 Å². The van der Waals surface area contributed by atoms with E-state index in [0.717, 1.165) is 20.9 Å². The molecule has 4 nitrogen and oxygen atoms in total. The number of benzene rings is 4. The van der Waals surface area contributed by atoms with Crippen LogP contribution in [0.1, 0.15) is 11.1 Å². The molecule has 9 heteroatoms. The van der Waals surface area contributed by atoms with Crippen LogP contribution in [0.25, 0.3) is 0 Å². The number of para-hydroxylation sites is 2. The molecule has 0 aliphatic carbocycles. The predicted octanol–water partition coefficient (Wildman–Crippen LogP) is 8.41. The van der Waals surface area contributed by atoms with Gasteiger partial charge in [0.1, 0.15) is 11.5 Å². The van der Waals surface area contributed by atoms with Crippen LogP contribution in [0.5, 0.6) is 11.5 Å². The van der Waals surface area contributed by atoms with E-state index in [1.54, 1.807) is 36.7 Å². The van der Waals surface area contributed by atoms with Crippen molar-refractivity contribution in [3.05, 3.63) is 120 Å². The van der Waals surface area contributed by atoms with Crippen molar-refractivity contribution in [3.63, 3.8) is 0 Å². The van der Waals surface area contributed by atoms with Crippen LogP contribution in [-0.2, 0) is 15.9 Å². The molecule has 35 heavy (non-hydrogen) atoms. The van der Waals surface area contributed by atoms with Gasteiger partial charge < -0.3 is 10.2 Å². The van der Waals surface area contributed by atoms with Crippen LogP contribution in [0, 0.1) is 0 Å². The summed E-state index contributed by atoms with van der Waals surface area (Å²) in [5.41, 5.74) is 1.46. The summed E-state index contributed by atoms with van der Waals surface area (Å²) in [7, 11) is 9.63. The Morgan fingerprint density at radius 1 is 0.543 bits per heavy atom. The zero-order chi connectivity index (χ0) is 25.1. The summed E-state index contributed by atoms with van der Waals surface area (Å²) in [6.07, 6.45) is 3.32. The van der Waals surface area contributed by atoms with Crippen LogP contribution in [0.15, 0.2) is 128 Å². The molecule has 0 aliphatic heterocycles. The summed E-state index contributed by atoms with van der Waals surface area (Å²) in [6, 6.07) is 34.0. The van der Waals surface area contributed by atoms with Crippen LogP contribution in [0.4, 0.5) is 0 Å². The molecule has 4 aromatic rings. The Hall–Kier alpha value is -2.24. The maximum absolute atomic E-state index is 9.51. The van der Waals surface area contributed by atoms with Gasteiger partial charge in [-0.15, -0.1) is 0 Å². The Labute approximate surface area is 230 Å². The van der Waals surface area contributed by atoms with Gasteiger partial charge in [0, 0.05) is 57.2 Å². The van der Waals surface area contributed by atoms with Gasteiger partial charge in [-0.25, -0.2) is 8.80 Å². The summed E-state index contributed by atoms with van der Waals surface area (Å²) in [5.74, 6) is 0.500. The van der Waals surface area contributed by atoms with Crippen LogP contribution >= 0.6 is 43.0 Å². The summed E-state index contributed by atoms with van der Waals surface area (Å²) in [6.45, 7) is 0. The number of hydrogen-bond acceptors (Lipinski definition) is 6. The standard InChI is InChI=1S/2C13H11NOS.2ClH.Pd/c2*15-13-9-5-4-6-11(13)10-14-16-12-7-2-1-3-8-12;;;/h2*1-10,15H;2*1H;/q;;;;+2/p-2. The molecule has 0 spiro atoms. The van der Waals surface area contributed by atoms with Gasteiger partial charge in [-0.05, 0) is 48.5 Å². The van der Waals surface area contributed by atoms with Crippen molar-refractivity contribution in [1.82, 2.24) is 0 Å². The fourth-order valence-electron chi connectivity index (χ4n) is 2.44. The van der Waals surface area contributed by atoms with Gasteiger partial charge in [-0.1, -0.05) is 60.7 Å². The molecule has 0 aromatic heterocycles. The van der Waals surface area contributed by atoms with Crippen molar-refractivity contribution >= 4 is 55.4 Å². The molecule has 4 rings (SSSR count). The number of aromatic hydroxyl groups is 2. The number of phenols is 2. The van der Waals surface area contributed by atoms with E-state index < -0.39 is 0 Å².